The zero-order valence-corrected chi connectivity index (χ0v) is 9.19. The molecule has 0 saturated carbocycles. The van der Waals surface area contributed by atoms with E-state index in [1.165, 1.54) is 24.9 Å². The first-order chi connectivity index (χ1) is 6.45. The Balaban J connectivity index is 1.46. The molecule has 2 unspecified atom stereocenters. The first-order valence-corrected chi connectivity index (χ1v) is 7.36. The predicted octanol–water partition coefficient (Wildman–Crippen LogP) is 0.936. The Morgan fingerprint density at radius 2 is 2.31 bits per heavy atom. The minimum Gasteiger partial charge on any atom is -0.420 e. The maximum atomic E-state index is 5.73. The third-order valence-electron chi connectivity index (χ3n) is 2.56. The fourth-order valence-electron chi connectivity index (χ4n) is 1.63. The summed E-state index contributed by atoms with van der Waals surface area (Å²) in [4.78, 5) is 0. The Morgan fingerprint density at radius 3 is 3.00 bits per heavy atom. The summed E-state index contributed by atoms with van der Waals surface area (Å²) in [7, 11) is -0.835. The SMILES string of the molecule is C1CC[SiH](CCOCC2CO2)OC1. The van der Waals surface area contributed by atoms with Crippen molar-refractivity contribution >= 4 is 9.04 Å². The molecule has 2 atom stereocenters. The van der Waals surface area contributed by atoms with Crippen LogP contribution >= 0.6 is 0 Å². The van der Waals surface area contributed by atoms with Gasteiger partial charge in [-0.1, -0.05) is 6.42 Å². The summed E-state index contributed by atoms with van der Waals surface area (Å²) in [6.07, 6.45) is 3.05. The van der Waals surface area contributed by atoms with Crippen LogP contribution in [0.2, 0.25) is 12.1 Å². The summed E-state index contributed by atoms with van der Waals surface area (Å²) in [6, 6.07) is 2.54. The fourth-order valence-corrected chi connectivity index (χ4v) is 3.92. The molecule has 2 aliphatic rings. The van der Waals surface area contributed by atoms with Gasteiger partial charge in [0, 0.05) is 13.2 Å². The summed E-state index contributed by atoms with van der Waals surface area (Å²) in [5, 5.41) is 0. The topological polar surface area (TPSA) is 31.0 Å². The van der Waals surface area contributed by atoms with Crippen LogP contribution in [0.15, 0.2) is 0 Å². The van der Waals surface area contributed by atoms with Gasteiger partial charge in [-0.2, -0.15) is 0 Å². The van der Waals surface area contributed by atoms with Gasteiger partial charge in [0.15, 0.2) is 9.04 Å². The minimum absolute atomic E-state index is 0.411. The number of ether oxygens (including phenoxy) is 2. The zero-order chi connectivity index (χ0) is 8.93. The Kier molecular flexibility index (Phi) is 3.78. The molecule has 3 nitrogen and oxygen atoms in total. The van der Waals surface area contributed by atoms with E-state index in [2.05, 4.69) is 0 Å². The molecule has 0 spiro atoms. The Hall–Kier alpha value is 0.0969. The van der Waals surface area contributed by atoms with Crippen molar-refractivity contribution < 1.29 is 13.9 Å². The smallest absolute Gasteiger partial charge is 0.179 e. The van der Waals surface area contributed by atoms with Crippen LogP contribution in [-0.4, -0.2) is 41.6 Å². The van der Waals surface area contributed by atoms with E-state index < -0.39 is 9.04 Å². The zero-order valence-electron chi connectivity index (χ0n) is 8.04. The van der Waals surface area contributed by atoms with Gasteiger partial charge in [0.25, 0.3) is 0 Å². The van der Waals surface area contributed by atoms with Gasteiger partial charge in [-0.05, 0) is 18.5 Å². The van der Waals surface area contributed by atoms with Crippen molar-refractivity contribution in [1.29, 1.82) is 0 Å². The van der Waals surface area contributed by atoms with Crippen molar-refractivity contribution in [1.82, 2.24) is 0 Å². The molecular formula is C9H18O3Si. The van der Waals surface area contributed by atoms with Crippen molar-refractivity contribution in [3.05, 3.63) is 0 Å². The van der Waals surface area contributed by atoms with Gasteiger partial charge in [-0.15, -0.1) is 0 Å². The van der Waals surface area contributed by atoms with Gasteiger partial charge >= 0.3 is 0 Å². The molecule has 0 aromatic carbocycles. The lowest BCUT2D eigenvalue weighted by atomic mass is 10.4. The van der Waals surface area contributed by atoms with Gasteiger partial charge in [0.2, 0.25) is 0 Å². The van der Waals surface area contributed by atoms with Crippen molar-refractivity contribution in [2.45, 2.75) is 31.0 Å². The highest BCUT2D eigenvalue weighted by molar-refractivity contribution is 6.52. The van der Waals surface area contributed by atoms with E-state index in [9.17, 15) is 0 Å². The van der Waals surface area contributed by atoms with E-state index >= 15 is 0 Å². The average molecular weight is 202 g/mol. The molecule has 2 fully saturated rings. The third kappa shape index (κ3) is 3.77. The molecular weight excluding hydrogens is 184 g/mol. The quantitative estimate of drug-likeness (QED) is 0.377. The van der Waals surface area contributed by atoms with E-state index in [-0.39, 0.29) is 0 Å². The fraction of sp³-hybridized carbons (Fsp3) is 1.00. The highest BCUT2D eigenvalue weighted by Crippen LogP contribution is 2.14. The van der Waals surface area contributed by atoms with Crippen LogP contribution in [0.4, 0.5) is 0 Å². The summed E-state index contributed by atoms with van der Waals surface area (Å²) < 4.78 is 16.3. The largest absolute Gasteiger partial charge is 0.420 e. The molecule has 2 rings (SSSR count). The van der Waals surface area contributed by atoms with Crippen LogP contribution < -0.4 is 0 Å². The summed E-state index contributed by atoms with van der Waals surface area (Å²) in [5.74, 6) is 0. The minimum atomic E-state index is -0.835. The van der Waals surface area contributed by atoms with Gasteiger partial charge in [-0.3, -0.25) is 0 Å². The summed E-state index contributed by atoms with van der Waals surface area (Å²) in [5.41, 5.74) is 0. The lowest BCUT2D eigenvalue weighted by molar-refractivity contribution is 0.124. The average Bonchev–Trinajstić information content (AvgIpc) is 2.98. The summed E-state index contributed by atoms with van der Waals surface area (Å²) in [6.45, 7) is 3.58. The molecule has 0 aromatic rings. The number of hydrogen-bond donors (Lipinski definition) is 0. The number of rotatable bonds is 5. The lowest BCUT2D eigenvalue weighted by Crippen LogP contribution is -2.24. The van der Waals surface area contributed by atoms with E-state index in [1.807, 2.05) is 0 Å². The molecule has 0 radical (unpaired) electrons. The van der Waals surface area contributed by atoms with E-state index in [4.69, 9.17) is 13.9 Å². The molecule has 0 bridgehead atoms. The van der Waals surface area contributed by atoms with Gasteiger partial charge in [-0.25, -0.2) is 0 Å². The van der Waals surface area contributed by atoms with Crippen molar-refractivity contribution in [2.24, 2.45) is 0 Å². The second kappa shape index (κ2) is 5.10. The predicted molar refractivity (Wildman–Crippen MR) is 52.5 cm³/mol. The van der Waals surface area contributed by atoms with E-state index in [0.29, 0.717) is 6.10 Å². The second-order valence-electron chi connectivity index (χ2n) is 3.81. The molecule has 2 aliphatic heterocycles. The Morgan fingerprint density at radius 1 is 1.38 bits per heavy atom. The Bertz CT molecular complexity index is 144. The number of hydrogen-bond acceptors (Lipinski definition) is 3. The highest BCUT2D eigenvalue weighted by atomic mass is 28.3. The van der Waals surface area contributed by atoms with E-state index in [1.54, 1.807) is 0 Å². The summed E-state index contributed by atoms with van der Waals surface area (Å²) >= 11 is 0. The molecule has 0 N–H and O–H groups in total. The maximum absolute atomic E-state index is 5.73. The van der Waals surface area contributed by atoms with Crippen molar-refractivity contribution in [3.63, 3.8) is 0 Å². The molecule has 2 heterocycles. The maximum Gasteiger partial charge on any atom is 0.179 e. The molecule has 76 valence electrons. The van der Waals surface area contributed by atoms with E-state index in [0.717, 1.165) is 26.4 Å². The first-order valence-electron chi connectivity index (χ1n) is 5.26. The van der Waals surface area contributed by atoms with Gasteiger partial charge in [0.1, 0.15) is 6.10 Å². The van der Waals surface area contributed by atoms with Crippen molar-refractivity contribution in [2.75, 3.05) is 26.4 Å². The normalized spacial score (nSPS) is 33.2. The van der Waals surface area contributed by atoms with Crippen molar-refractivity contribution in [3.8, 4) is 0 Å². The lowest BCUT2D eigenvalue weighted by Gasteiger charge is -2.20. The molecule has 13 heavy (non-hydrogen) atoms. The van der Waals surface area contributed by atoms with Crippen LogP contribution in [0.1, 0.15) is 12.8 Å². The molecule has 0 aliphatic carbocycles. The molecule has 0 aromatic heterocycles. The van der Waals surface area contributed by atoms with Gasteiger partial charge < -0.3 is 13.9 Å². The highest BCUT2D eigenvalue weighted by Gasteiger charge is 2.22. The van der Waals surface area contributed by atoms with Crippen LogP contribution in [0, 0.1) is 0 Å². The van der Waals surface area contributed by atoms with Crippen LogP contribution in [-0.2, 0) is 13.9 Å². The van der Waals surface area contributed by atoms with Gasteiger partial charge in [0.05, 0.1) is 13.2 Å². The van der Waals surface area contributed by atoms with Crippen LogP contribution in [0.25, 0.3) is 0 Å². The molecule has 0 amide bonds. The molecule has 4 heteroatoms. The monoisotopic (exact) mass is 202 g/mol. The Labute approximate surface area is 81.1 Å². The van der Waals surface area contributed by atoms with Crippen LogP contribution in [0.5, 0.6) is 0 Å². The van der Waals surface area contributed by atoms with Crippen LogP contribution in [0.3, 0.4) is 0 Å². The molecule has 2 saturated heterocycles. The standard InChI is InChI=1S/C9H18O3Si/c1-2-5-13(12-3-1)6-4-10-7-9-8-11-9/h9,13H,1-8H2. The third-order valence-corrected chi connectivity index (χ3v) is 5.20. The second-order valence-corrected chi connectivity index (χ2v) is 6.54. The number of epoxide rings is 1. The first kappa shape index (κ1) is 9.64.